The molecule has 0 unspecified atom stereocenters. The summed E-state index contributed by atoms with van der Waals surface area (Å²) in [7, 11) is 2.17. The lowest BCUT2D eigenvalue weighted by atomic mass is 10.1. The number of anilines is 1. The number of aromatic nitrogens is 5. The summed E-state index contributed by atoms with van der Waals surface area (Å²) < 4.78 is 1.77. The summed E-state index contributed by atoms with van der Waals surface area (Å²) in [5.41, 5.74) is 1.42. The summed E-state index contributed by atoms with van der Waals surface area (Å²) >= 11 is 1.79. The van der Waals surface area contributed by atoms with Gasteiger partial charge in [-0.3, -0.25) is 0 Å². The largest absolute Gasteiger partial charge is 0.369 e. The molecule has 22 heavy (non-hydrogen) atoms. The molecule has 0 aromatic carbocycles. The van der Waals surface area contributed by atoms with Gasteiger partial charge in [-0.15, -0.1) is 11.3 Å². The second-order valence-electron chi connectivity index (χ2n) is 5.80. The number of thiophene rings is 1. The Hall–Kier alpha value is -1.80. The highest BCUT2D eigenvalue weighted by atomic mass is 32.1. The minimum absolute atomic E-state index is 0.568. The monoisotopic (exact) mass is 317 g/mol. The van der Waals surface area contributed by atoms with E-state index in [-0.39, 0.29) is 0 Å². The van der Waals surface area contributed by atoms with Crippen molar-refractivity contribution in [1.82, 2.24) is 29.9 Å². The first-order valence-corrected chi connectivity index (χ1v) is 8.54. The number of nitrogens with one attached hydrogen (secondary N) is 1. The molecule has 0 saturated heterocycles. The number of unbranched alkanes of at least 4 members (excludes halogenated alkanes) is 1. The average Bonchev–Trinajstić information content (AvgIpc) is 3.10. The van der Waals surface area contributed by atoms with Crippen LogP contribution in [0.3, 0.4) is 0 Å². The van der Waals surface area contributed by atoms with Gasteiger partial charge in [0.15, 0.2) is 0 Å². The first kappa shape index (κ1) is 13.8. The van der Waals surface area contributed by atoms with Gasteiger partial charge in [-0.1, -0.05) is 18.4 Å². The third-order valence-corrected chi connectivity index (χ3v) is 5.34. The van der Waals surface area contributed by atoms with Crippen LogP contribution >= 0.6 is 11.3 Å². The normalized spacial score (nSPS) is 15.5. The second kappa shape index (κ2) is 5.44. The van der Waals surface area contributed by atoms with Crippen LogP contribution in [0.5, 0.6) is 0 Å². The van der Waals surface area contributed by atoms with Crippen molar-refractivity contribution in [2.45, 2.75) is 32.7 Å². The highest BCUT2D eigenvalue weighted by Crippen LogP contribution is 2.38. The van der Waals surface area contributed by atoms with Crippen LogP contribution in [0.25, 0.3) is 16.0 Å². The van der Waals surface area contributed by atoms with Crippen molar-refractivity contribution in [3.63, 3.8) is 0 Å². The third kappa shape index (κ3) is 2.14. The van der Waals surface area contributed by atoms with E-state index in [4.69, 9.17) is 0 Å². The molecule has 0 amide bonds. The van der Waals surface area contributed by atoms with Gasteiger partial charge in [0, 0.05) is 24.5 Å². The van der Waals surface area contributed by atoms with Crippen molar-refractivity contribution in [3.05, 3.63) is 10.4 Å². The number of fused-ring (bicyclic) bond motifs is 5. The Morgan fingerprint density at radius 3 is 3.14 bits per heavy atom. The first-order valence-electron chi connectivity index (χ1n) is 7.72. The van der Waals surface area contributed by atoms with Crippen molar-refractivity contribution >= 4 is 33.1 Å². The quantitative estimate of drug-likeness (QED) is 0.742. The minimum atomic E-state index is 0.568. The summed E-state index contributed by atoms with van der Waals surface area (Å²) in [6, 6.07) is 0. The predicted molar refractivity (Wildman–Crippen MR) is 87.4 cm³/mol. The molecular formula is C14H19N7S. The van der Waals surface area contributed by atoms with Crippen molar-refractivity contribution in [1.29, 1.82) is 0 Å². The van der Waals surface area contributed by atoms with Crippen LogP contribution in [-0.2, 0) is 13.0 Å². The molecule has 0 bridgehead atoms. The molecule has 116 valence electrons. The molecule has 4 rings (SSSR count). The Bertz CT molecular complexity index is 821. The molecule has 0 spiro atoms. The Morgan fingerprint density at radius 2 is 2.27 bits per heavy atom. The second-order valence-corrected chi connectivity index (χ2v) is 6.89. The fraction of sp³-hybridized carbons (Fsp3) is 0.571. The lowest BCUT2D eigenvalue weighted by Crippen LogP contribution is -2.25. The Kier molecular flexibility index (Phi) is 3.42. The van der Waals surface area contributed by atoms with Gasteiger partial charge in [-0.05, 0) is 35.9 Å². The Balaban J connectivity index is 1.91. The summed E-state index contributed by atoms with van der Waals surface area (Å²) in [6.45, 7) is 5.20. The molecule has 0 aliphatic carbocycles. The minimum Gasteiger partial charge on any atom is -0.369 e. The van der Waals surface area contributed by atoms with Crippen LogP contribution in [0.4, 0.5) is 5.82 Å². The van der Waals surface area contributed by atoms with E-state index in [9.17, 15) is 0 Å². The summed E-state index contributed by atoms with van der Waals surface area (Å²) in [6.07, 6.45) is 3.36. The van der Waals surface area contributed by atoms with Crippen molar-refractivity contribution in [3.8, 4) is 0 Å². The van der Waals surface area contributed by atoms with E-state index >= 15 is 0 Å². The van der Waals surface area contributed by atoms with E-state index in [0.717, 1.165) is 49.5 Å². The fourth-order valence-electron chi connectivity index (χ4n) is 2.96. The van der Waals surface area contributed by atoms with Gasteiger partial charge in [0.05, 0.1) is 5.39 Å². The average molecular weight is 317 g/mol. The molecule has 0 fully saturated rings. The first-order chi connectivity index (χ1) is 10.8. The van der Waals surface area contributed by atoms with Crippen LogP contribution in [0.1, 0.15) is 30.2 Å². The standard InChI is InChI=1S/C14H19N7S/c1-3-4-6-15-12-11-9-5-7-20(2)8-10(9)22-13(11)21-14(16-12)17-18-19-21/h3-8H2,1-2H3,(H,15,16,17,19). The van der Waals surface area contributed by atoms with Crippen LogP contribution in [0, 0.1) is 0 Å². The van der Waals surface area contributed by atoms with Gasteiger partial charge >= 0.3 is 0 Å². The number of hydrogen-bond acceptors (Lipinski definition) is 7. The lowest BCUT2D eigenvalue weighted by Gasteiger charge is -2.22. The number of tetrazole rings is 1. The molecule has 8 heteroatoms. The Labute approximate surface area is 132 Å². The van der Waals surface area contributed by atoms with Crippen molar-refractivity contribution in [2.75, 3.05) is 25.5 Å². The molecular weight excluding hydrogens is 298 g/mol. The summed E-state index contributed by atoms with van der Waals surface area (Å²) in [5.74, 6) is 1.51. The van der Waals surface area contributed by atoms with Crippen molar-refractivity contribution in [2.24, 2.45) is 0 Å². The highest BCUT2D eigenvalue weighted by Gasteiger charge is 2.24. The molecule has 1 aliphatic heterocycles. The molecule has 7 nitrogen and oxygen atoms in total. The molecule has 0 radical (unpaired) electrons. The zero-order valence-electron chi connectivity index (χ0n) is 12.8. The zero-order valence-corrected chi connectivity index (χ0v) is 13.7. The molecule has 3 aromatic heterocycles. The maximum absolute atomic E-state index is 4.64. The van der Waals surface area contributed by atoms with E-state index in [1.165, 1.54) is 15.8 Å². The van der Waals surface area contributed by atoms with Gasteiger partial charge in [-0.25, -0.2) is 0 Å². The van der Waals surface area contributed by atoms with E-state index in [2.05, 4.69) is 44.7 Å². The van der Waals surface area contributed by atoms with Crippen LogP contribution in [0.2, 0.25) is 0 Å². The molecule has 0 saturated carbocycles. The molecule has 1 N–H and O–H groups in total. The summed E-state index contributed by atoms with van der Waals surface area (Å²) in [4.78, 5) is 9.51. The predicted octanol–water partition coefficient (Wildman–Crippen LogP) is 1.93. The van der Waals surface area contributed by atoms with E-state index in [1.807, 2.05) is 0 Å². The highest BCUT2D eigenvalue weighted by molar-refractivity contribution is 7.19. The van der Waals surface area contributed by atoms with E-state index < -0.39 is 0 Å². The molecule has 3 aromatic rings. The van der Waals surface area contributed by atoms with Crippen LogP contribution in [-0.4, -0.2) is 50.1 Å². The lowest BCUT2D eigenvalue weighted by molar-refractivity contribution is 0.318. The summed E-state index contributed by atoms with van der Waals surface area (Å²) in [5, 5.41) is 16.6. The molecule has 4 heterocycles. The van der Waals surface area contributed by atoms with Gasteiger partial charge < -0.3 is 10.2 Å². The maximum Gasteiger partial charge on any atom is 0.276 e. The topological polar surface area (TPSA) is 71.2 Å². The zero-order chi connectivity index (χ0) is 15.1. The SMILES string of the molecule is CCCCNc1nc2nnnn2c2sc3c(c12)CCN(C)C3. The Morgan fingerprint density at radius 1 is 1.36 bits per heavy atom. The number of hydrogen-bond donors (Lipinski definition) is 1. The third-order valence-electron chi connectivity index (χ3n) is 4.15. The maximum atomic E-state index is 4.64. The van der Waals surface area contributed by atoms with Gasteiger partial charge in [-0.2, -0.15) is 9.50 Å². The number of rotatable bonds is 4. The van der Waals surface area contributed by atoms with Crippen molar-refractivity contribution < 1.29 is 0 Å². The smallest absolute Gasteiger partial charge is 0.276 e. The molecule has 0 atom stereocenters. The van der Waals surface area contributed by atoms with E-state index in [1.54, 1.807) is 15.9 Å². The van der Waals surface area contributed by atoms with Crippen LogP contribution in [0.15, 0.2) is 0 Å². The number of likely N-dealkylation sites (N-methyl/N-ethyl adjacent to an activating group) is 1. The van der Waals surface area contributed by atoms with Gasteiger partial charge in [0.2, 0.25) is 0 Å². The number of nitrogens with zero attached hydrogens (tertiary/aromatic N) is 6. The van der Waals surface area contributed by atoms with Gasteiger partial charge in [0.25, 0.3) is 5.78 Å². The molecule has 1 aliphatic rings. The van der Waals surface area contributed by atoms with Gasteiger partial charge in [0.1, 0.15) is 10.6 Å². The fourth-order valence-corrected chi connectivity index (χ4v) is 4.33. The van der Waals surface area contributed by atoms with Crippen LogP contribution < -0.4 is 5.32 Å². The van der Waals surface area contributed by atoms with E-state index in [0.29, 0.717) is 5.78 Å².